The highest BCUT2D eigenvalue weighted by Gasteiger charge is 2.42. The maximum absolute atomic E-state index is 12.8. The van der Waals surface area contributed by atoms with Gasteiger partial charge in [-0.25, -0.2) is 0 Å². The maximum atomic E-state index is 12.8. The van der Waals surface area contributed by atoms with Crippen molar-refractivity contribution in [2.45, 2.75) is 18.9 Å². The summed E-state index contributed by atoms with van der Waals surface area (Å²) in [4.78, 5) is 41.9. The Labute approximate surface area is 167 Å². The van der Waals surface area contributed by atoms with Gasteiger partial charge in [0.1, 0.15) is 0 Å². The van der Waals surface area contributed by atoms with Crippen molar-refractivity contribution in [3.63, 3.8) is 0 Å². The zero-order valence-corrected chi connectivity index (χ0v) is 15.8. The normalized spacial score (nSPS) is 18.7. The van der Waals surface area contributed by atoms with E-state index >= 15 is 0 Å². The second kappa shape index (κ2) is 8.84. The Balaban J connectivity index is 1.67. The highest BCUT2D eigenvalue weighted by molar-refractivity contribution is 6.31. The van der Waals surface area contributed by atoms with E-state index in [1.54, 1.807) is 47.5 Å². The van der Waals surface area contributed by atoms with E-state index in [1.807, 2.05) is 0 Å². The number of nitrogens with zero attached hydrogens (tertiary/aromatic N) is 2. The summed E-state index contributed by atoms with van der Waals surface area (Å²) in [5, 5.41) is 12.7. The first kappa shape index (κ1) is 19.8. The van der Waals surface area contributed by atoms with Gasteiger partial charge >= 0.3 is 5.97 Å². The number of carboxylic acid groups (broad SMARTS) is 1. The minimum Gasteiger partial charge on any atom is -0.481 e. The third-order valence-electron chi connectivity index (χ3n) is 4.81. The molecule has 0 spiro atoms. The van der Waals surface area contributed by atoms with E-state index in [1.165, 1.54) is 6.20 Å². The largest absolute Gasteiger partial charge is 0.481 e. The molecule has 1 aromatic carbocycles. The average Bonchev–Trinajstić information content (AvgIpc) is 3.14. The van der Waals surface area contributed by atoms with Gasteiger partial charge in [-0.05, 0) is 30.2 Å². The number of amides is 2. The molecule has 2 amide bonds. The molecule has 1 saturated heterocycles. The van der Waals surface area contributed by atoms with Crippen LogP contribution in [0.4, 0.5) is 0 Å². The highest BCUT2D eigenvalue weighted by Crippen LogP contribution is 2.40. The van der Waals surface area contributed by atoms with E-state index in [2.05, 4.69) is 10.3 Å². The molecule has 0 bridgehead atoms. The van der Waals surface area contributed by atoms with E-state index < -0.39 is 17.9 Å². The molecule has 0 unspecified atom stereocenters. The van der Waals surface area contributed by atoms with Crippen LogP contribution >= 0.6 is 11.6 Å². The summed E-state index contributed by atoms with van der Waals surface area (Å²) in [5.41, 5.74) is 1.04. The summed E-state index contributed by atoms with van der Waals surface area (Å²) < 4.78 is 0. The van der Waals surface area contributed by atoms with Gasteiger partial charge in [-0.1, -0.05) is 29.8 Å². The zero-order chi connectivity index (χ0) is 20.1. The van der Waals surface area contributed by atoms with Gasteiger partial charge in [0, 0.05) is 36.9 Å². The number of carbonyl (C=O) groups excluding carboxylic acids is 2. The minimum atomic E-state index is -0.954. The number of hydrogen-bond donors (Lipinski definition) is 2. The Morgan fingerprint density at radius 2 is 2.00 bits per heavy atom. The van der Waals surface area contributed by atoms with Crippen LogP contribution in [-0.2, 0) is 9.59 Å². The van der Waals surface area contributed by atoms with E-state index in [0.717, 1.165) is 0 Å². The number of hydrogen-bond acceptors (Lipinski definition) is 4. The van der Waals surface area contributed by atoms with Crippen LogP contribution in [0.15, 0.2) is 48.8 Å². The Hall–Kier alpha value is -2.93. The van der Waals surface area contributed by atoms with Crippen LogP contribution in [0.25, 0.3) is 0 Å². The molecule has 1 aromatic heterocycles. The number of aromatic nitrogens is 1. The molecule has 8 heteroatoms. The molecule has 0 saturated carbocycles. The van der Waals surface area contributed by atoms with Gasteiger partial charge in [0.25, 0.3) is 5.91 Å². The van der Waals surface area contributed by atoms with Crippen molar-refractivity contribution >= 4 is 29.4 Å². The second-order valence-corrected chi connectivity index (χ2v) is 6.94. The fourth-order valence-electron chi connectivity index (χ4n) is 3.46. The summed E-state index contributed by atoms with van der Waals surface area (Å²) in [6, 6.07) is 9.64. The Kier molecular flexibility index (Phi) is 6.26. The molecule has 1 fully saturated rings. The number of benzene rings is 1. The number of likely N-dealkylation sites (tertiary alicyclic amines) is 1. The fourth-order valence-corrected chi connectivity index (χ4v) is 3.70. The van der Waals surface area contributed by atoms with E-state index in [0.29, 0.717) is 29.1 Å². The highest BCUT2D eigenvalue weighted by atomic mass is 35.5. The molecule has 2 N–H and O–H groups in total. The molecule has 1 aliphatic heterocycles. The Bertz CT molecular complexity index is 875. The summed E-state index contributed by atoms with van der Waals surface area (Å²) in [6.45, 7) is 0.484. The number of carbonyl (C=O) groups is 3. The standard InChI is InChI=1S/C20H20ClN3O4/c21-16-6-2-1-5-14(16)18-15(20(27)28)8-11-24(18)17(25)7-10-23-19(26)13-4-3-9-22-12-13/h1-6,9,12,15,18H,7-8,10-11H2,(H,23,26)(H,27,28)/t15-,18-/m1/s1. The van der Waals surface area contributed by atoms with Crippen LogP contribution in [0, 0.1) is 5.92 Å². The smallest absolute Gasteiger partial charge is 0.309 e. The summed E-state index contributed by atoms with van der Waals surface area (Å²) >= 11 is 6.26. The first-order valence-electron chi connectivity index (χ1n) is 8.94. The van der Waals surface area contributed by atoms with Crippen molar-refractivity contribution in [1.82, 2.24) is 15.2 Å². The average molecular weight is 402 g/mol. The molecule has 2 aromatic rings. The number of halogens is 1. The fraction of sp³-hybridized carbons (Fsp3) is 0.300. The topological polar surface area (TPSA) is 99.6 Å². The molecule has 1 aliphatic rings. The predicted octanol–water partition coefficient (Wildman–Crippen LogP) is 2.53. The van der Waals surface area contributed by atoms with Gasteiger partial charge in [-0.15, -0.1) is 0 Å². The third kappa shape index (κ3) is 4.31. The number of aliphatic carboxylic acids is 1. The first-order valence-corrected chi connectivity index (χ1v) is 9.31. The van der Waals surface area contributed by atoms with Crippen LogP contribution in [0.5, 0.6) is 0 Å². The third-order valence-corrected chi connectivity index (χ3v) is 5.15. The van der Waals surface area contributed by atoms with Crippen LogP contribution in [0.3, 0.4) is 0 Å². The zero-order valence-electron chi connectivity index (χ0n) is 15.0. The predicted molar refractivity (Wildman–Crippen MR) is 103 cm³/mol. The lowest BCUT2D eigenvalue weighted by Gasteiger charge is -2.28. The molecule has 7 nitrogen and oxygen atoms in total. The molecular formula is C20H20ClN3O4. The second-order valence-electron chi connectivity index (χ2n) is 6.53. The van der Waals surface area contributed by atoms with Crippen molar-refractivity contribution in [2.24, 2.45) is 5.92 Å². The van der Waals surface area contributed by atoms with E-state index in [-0.39, 0.29) is 24.8 Å². The van der Waals surface area contributed by atoms with Gasteiger partial charge in [-0.3, -0.25) is 19.4 Å². The number of carboxylic acids is 1. The number of nitrogens with one attached hydrogen (secondary N) is 1. The lowest BCUT2D eigenvalue weighted by atomic mass is 9.93. The summed E-state index contributed by atoms with van der Waals surface area (Å²) in [6.07, 6.45) is 3.45. The van der Waals surface area contributed by atoms with Crippen LogP contribution in [-0.4, -0.2) is 45.9 Å². The van der Waals surface area contributed by atoms with Crippen LogP contribution in [0.2, 0.25) is 5.02 Å². The van der Waals surface area contributed by atoms with E-state index in [9.17, 15) is 19.5 Å². The van der Waals surface area contributed by atoms with Crippen molar-refractivity contribution < 1.29 is 19.5 Å². The molecule has 2 atom stereocenters. The summed E-state index contributed by atoms with van der Waals surface area (Å²) in [7, 11) is 0. The lowest BCUT2D eigenvalue weighted by Crippen LogP contribution is -2.36. The Morgan fingerprint density at radius 3 is 2.68 bits per heavy atom. The maximum Gasteiger partial charge on any atom is 0.309 e. The molecule has 3 rings (SSSR count). The molecular weight excluding hydrogens is 382 g/mol. The SMILES string of the molecule is O=C(NCCC(=O)N1CC[C@@H](C(=O)O)[C@H]1c1ccccc1Cl)c1cccnc1. The van der Waals surface area contributed by atoms with Crippen LogP contribution in [0.1, 0.15) is 34.8 Å². The summed E-state index contributed by atoms with van der Waals surface area (Å²) in [5.74, 6) is -2.20. The van der Waals surface area contributed by atoms with Gasteiger partial charge < -0.3 is 15.3 Å². The first-order chi connectivity index (χ1) is 13.5. The quantitative estimate of drug-likeness (QED) is 0.774. The minimum absolute atomic E-state index is 0.0687. The van der Waals surface area contributed by atoms with Gasteiger partial charge in [-0.2, -0.15) is 0 Å². The van der Waals surface area contributed by atoms with E-state index in [4.69, 9.17) is 11.6 Å². The molecule has 28 heavy (non-hydrogen) atoms. The van der Waals surface area contributed by atoms with Crippen molar-refractivity contribution in [1.29, 1.82) is 0 Å². The molecule has 146 valence electrons. The van der Waals surface area contributed by atoms with Gasteiger partial charge in [0.15, 0.2) is 0 Å². The number of pyridine rings is 1. The van der Waals surface area contributed by atoms with Crippen molar-refractivity contribution in [2.75, 3.05) is 13.1 Å². The lowest BCUT2D eigenvalue weighted by molar-refractivity contribution is -0.143. The molecule has 0 aliphatic carbocycles. The van der Waals surface area contributed by atoms with Crippen molar-refractivity contribution in [3.8, 4) is 0 Å². The van der Waals surface area contributed by atoms with Gasteiger partial charge in [0.2, 0.25) is 5.91 Å². The molecule has 0 radical (unpaired) electrons. The monoisotopic (exact) mass is 401 g/mol. The van der Waals surface area contributed by atoms with Crippen LogP contribution < -0.4 is 5.32 Å². The molecule has 2 heterocycles. The Morgan fingerprint density at radius 1 is 1.21 bits per heavy atom. The van der Waals surface area contributed by atoms with Gasteiger partial charge in [0.05, 0.1) is 17.5 Å². The van der Waals surface area contributed by atoms with Crippen molar-refractivity contribution in [3.05, 3.63) is 64.9 Å². The number of rotatable bonds is 6.